The van der Waals surface area contributed by atoms with Gasteiger partial charge in [-0.1, -0.05) is 11.6 Å². The van der Waals surface area contributed by atoms with Crippen molar-refractivity contribution >= 4 is 11.6 Å². The molecule has 0 bridgehead atoms. The SMILES string of the molecule is COCCC(C)(O)CNC(=O)c1cc(C)ccc1N. The molecule has 1 unspecified atom stereocenters. The lowest BCUT2D eigenvalue weighted by Gasteiger charge is -2.23. The Morgan fingerprint density at radius 1 is 1.53 bits per heavy atom. The van der Waals surface area contributed by atoms with E-state index in [1.54, 1.807) is 26.2 Å². The van der Waals surface area contributed by atoms with Gasteiger partial charge in [-0.25, -0.2) is 0 Å². The fourth-order valence-corrected chi connectivity index (χ4v) is 1.64. The van der Waals surface area contributed by atoms with Gasteiger partial charge in [-0.05, 0) is 26.0 Å². The maximum atomic E-state index is 12.0. The molecule has 0 saturated carbocycles. The second kappa shape index (κ2) is 6.54. The Morgan fingerprint density at radius 3 is 2.84 bits per heavy atom. The fourth-order valence-electron chi connectivity index (χ4n) is 1.64. The molecule has 1 aromatic carbocycles. The van der Waals surface area contributed by atoms with Crippen LogP contribution in [0.4, 0.5) is 5.69 Å². The van der Waals surface area contributed by atoms with Crippen LogP contribution in [-0.4, -0.2) is 36.9 Å². The zero-order valence-electron chi connectivity index (χ0n) is 11.7. The van der Waals surface area contributed by atoms with Gasteiger partial charge in [0.05, 0.1) is 11.2 Å². The van der Waals surface area contributed by atoms with Crippen molar-refractivity contribution in [1.29, 1.82) is 0 Å². The number of ether oxygens (including phenoxy) is 1. The molecule has 0 fully saturated rings. The van der Waals surface area contributed by atoms with Crippen LogP contribution in [0.5, 0.6) is 0 Å². The van der Waals surface area contributed by atoms with Crippen LogP contribution in [0.15, 0.2) is 18.2 Å². The first-order valence-electron chi connectivity index (χ1n) is 6.21. The van der Waals surface area contributed by atoms with Crippen LogP contribution in [0.25, 0.3) is 0 Å². The largest absolute Gasteiger partial charge is 0.398 e. The molecule has 1 rings (SSSR count). The molecule has 0 saturated heterocycles. The first-order valence-corrected chi connectivity index (χ1v) is 6.21. The molecule has 0 aliphatic carbocycles. The van der Waals surface area contributed by atoms with E-state index in [0.717, 1.165) is 5.56 Å². The summed E-state index contributed by atoms with van der Waals surface area (Å²) in [4.78, 5) is 12.0. The van der Waals surface area contributed by atoms with Crippen molar-refractivity contribution in [3.8, 4) is 0 Å². The smallest absolute Gasteiger partial charge is 0.253 e. The molecule has 1 aromatic rings. The van der Waals surface area contributed by atoms with Crippen molar-refractivity contribution in [2.24, 2.45) is 0 Å². The summed E-state index contributed by atoms with van der Waals surface area (Å²) in [6.45, 7) is 4.15. The van der Waals surface area contributed by atoms with Crippen LogP contribution in [0.2, 0.25) is 0 Å². The van der Waals surface area contributed by atoms with Crippen LogP contribution in [0.3, 0.4) is 0 Å². The quantitative estimate of drug-likeness (QED) is 0.673. The molecule has 5 nitrogen and oxygen atoms in total. The van der Waals surface area contributed by atoms with E-state index in [4.69, 9.17) is 10.5 Å². The maximum absolute atomic E-state index is 12.0. The van der Waals surface area contributed by atoms with Crippen molar-refractivity contribution in [3.05, 3.63) is 29.3 Å². The molecule has 0 spiro atoms. The highest BCUT2D eigenvalue weighted by Gasteiger charge is 2.21. The molecule has 4 N–H and O–H groups in total. The second-order valence-electron chi connectivity index (χ2n) is 5.01. The summed E-state index contributed by atoms with van der Waals surface area (Å²) >= 11 is 0. The minimum absolute atomic E-state index is 0.155. The third kappa shape index (κ3) is 4.89. The Kier molecular flexibility index (Phi) is 5.32. The van der Waals surface area contributed by atoms with E-state index >= 15 is 0 Å². The van der Waals surface area contributed by atoms with E-state index in [-0.39, 0.29) is 12.5 Å². The number of aliphatic hydroxyl groups is 1. The van der Waals surface area contributed by atoms with E-state index in [1.807, 2.05) is 13.0 Å². The Bertz CT molecular complexity index is 444. The molecule has 1 amide bonds. The molecule has 0 radical (unpaired) electrons. The summed E-state index contributed by atoms with van der Waals surface area (Å²) in [7, 11) is 1.57. The van der Waals surface area contributed by atoms with Crippen molar-refractivity contribution in [1.82, 2.24) is 5.32 Å². The Labute approximate surface area is 113 Å². The molecule has 0 aliphatic heterocycles. The molecular weight excluding hydrogens is 244 g/mol. The van der Waals surface area contributed by atoms with Crippen LogP contribution in [0, 0.1) is 6.92 Å². The van der Waals surface area contributed by atoms with Gasteiger partial charge in [-0.3, -0.25) is 4.79 Å². The minimum Gasteiger partial charge on any atom is -0.398 e. The van der Waals surface area contributed by atoms with Crippen molar-refractivity contribution < 1.29 is 14.6 Å². The van der Waals surface area contributed by atoms with Crippen LogP contribution in [0.1, 0.15) is 29.3 Å². The highest BCUT2D eigenvalue weighted by molar-refractivity contribution is 5.99. The number of rotatable bonds is 6. The highest BCUT2D eigenvalue weighted by Crippen LogP contribution is 2.14. The van der Waals surface area contributed by atoms with Gasteiger partial charge in [0, 0.05) is 32.4 Å². The molecular formula is C14H22N2O3. The number of carbonyl (C=O) groups excluding carboxylic acids is 1. The number of amides is 1. The Balaban J connectivity index is 2.62. The zero-order chi connectivity index (χ0) is 14.5. The van der Waals surface area contributed by atoms with Gasteiger partial charge in [-0.15, -0.1) is 0 Å². The fraction of sp³-hybridized carbons (Fsp3) is 0.500. The molecule has 0 aromatic heterocycles. The summed E-state index contributed by atoms with van der Waals surface area (Å²) in [5.41, 5.74) is 6.60. The number of carbonyl (C=O) groups is 1. The third-order valence-electron chi connectivity index (χ3n) is 2.93. The zero-order valence-corrected chi connectivity index (χ0v) is 11.7. The van der Waals surface area contributed by atoms with Gasteiger partial charge >= 0.3 is 0 Å². The van der Waals surface area contributed by atoms with Gasteiger partial charge in [0.2, 0.25) is 0 Å². The van der Waals surface area contributed by atoms with E-state index in [2.05, 4.69) is 5.32 Å². The molecule has 0 heterocycles. The Hall–Kier alpha value is -1.59. The third-order valence-corrected chi connectivity index (χ3v) is 2.93. The number of nitrogens with one attached hydrogen (secondary N) is 1. The van der Waals surface area contributed by atoms with E-state index < -0.39 is 5.60 Å². The predicted molar refractivity (Wildman–Crippen MR) is 75.0 cm³/mol. The number of methoxy groups -OCH3 is 1. The minimum atomic E-state index is -0.996. The maximum Gasteiger partial charge on any atom is 0.253 e. The Morgan fingerprint density at radius 2 is 2.21 bits per heavy atom. The monoisotopic (exact) mass is 266 g/mol. The number of nitrogen functional groups attached to an aromatic ring is 1. The van der Waals surface area contributed by atoms with Crippen LogP contribution < -0.4 is 11.1 Å². The molecule has 5 heteroatoms. The molecule has 106 valence electrons. The number of hydrogen-bond donors (Lipinski definition) is 3. The molecule has 19 heavy (non-hydrogen) atoms. The average molecular weight is 266 g/mol. The van der Waals surface area contributed by atoms with Gasteiger partial charge < -0.3 is 20.9 Å². The topological polar surface area (TPSA) is 84.6 Å². The number of benzene rings is 1. The number of aryl methyl sites for hydroxylation is 1. The van der Waals surface area contributed by atoms with Gasteiger partial charge in [0.25, 0.3) is 5.91 Å². The van der Waals surface area contributed by atoms with Crippen LogP contribution >= 0.6 is 0 Å². The first kappa shape index (κ1) is 15.5. The number of anilines is 1. The molecule has 0 aliphatic rings. The van der Waals surface area contributed by atoms with Gasteiger partial charge in [0.1, 0.15) is 0 Å². The first-order chi connectivity index (χ1) is 8.85. The summed E-state index contributed by atoms with van der Waals surface area (Å²) < 4.78 is 4.91. The summed E-state index contributed by atoms with van der Waals surface area (Å²) in [5.74, 6) is -0.279. The number of nitrogens with two attached hydrogens (primary N) is 1. The molecule has 1 atom stereocenters. The van der Waals surface area contributed by atoms with E-state index in [9.17, 15) is 9.90 Å². The van der Waals surface area contributed by atoms with Crippen molar-refractivity contribution in [2.45, 2.75) is 25.9 Å². The lowest BCUT2D eigenvalue weighted by Crippen LogP contribution is -2.41. The van der Waals surface area contributed by atoms with Gasteiger partial charge in [-0.2, -0.15) is 0 Å². The lowest BCUT2D eigenvalue weighted by molar-refractivity contribution is 0.0244. The van der Waals surface area contributed by atoms with Crippen molar-refractivity contribution in [3.63, 3.8) is 0 Å². The normalized spacial score (nSPS) is 13.9. The second-order valence-corrected chi connectivity index (χ2v) is 5.01. The lowest BCUT2D eigenvalue weighted by atomic mass is 10.0. The predicted octanol–water partition coefficient (Wildman–Crippen LogP) is 1.09. The summed E-state index contributed by atoms with van der Waals surface area (Å²) in [5, 5.41) is 12.7. The summed E-state index contributed by atoms with van der Waals surface area (Å²) in [6.07, 6.45) is 0.451. The standard InChI is InChI=1S/C14H22N2O3/c1-10-4-5-12(15)11(8-10)13(17)16-9-14(2,18)6-7-19-3/h4-5,8,18H,6-7,9,15H2,1-3H3,(H,16,17). The van der Waals surface area contributed by atoms with Crippen LogP contribution in [-0.2, 0) is 4.74 Å². The average Bonchev–Trinajstić information content (AvgIpc) is 2.36. The highest BCUT2D eigenvalue weighted by atomic mass is 16.5. The van der Waals surface area contributed by atoms with Crippen molar-refractivity contribution in [2.75, 3.05) is 26.0 Å². The van der Waals surface area contributed by atoms with E-state index in [1.165, 1.54) is 0 Å². The van der Waals surface area contributed by atoms with Gasteiger partial charge in [0.15, 0.2) is 0 Å². The number of hydrogen-bond acceptors (Lipinski definition) is 4. The summed E-state index contributed by atoms with van der Waals surface area (Å²) in [6, 6.07) is 5.28. The van der Waals surface area contributed by atoms with E-state index in [0.29, 0.717) is 24.3 Å².